The van der Waals surface area contributed by atoms with E-state index in [0.29, 0.717) is 0 Å². The predicted molar refractivity (Wildman–Crippen MR) is 27.1 cm³/mol. The minimum absolute atomic E-state index is 0.215. The number of hydrazine groups is 1. The molecular formula is C3H6N4O2. The summed E-state index contributed by atoms with van der Waals surface area (Å²) in [6.07, 6.45) is -0.486. The van der Waals surface area contributed by atoms with Gasteiger partial charge in [-0.05, 0) is 0 Å². The van der Waals surface area contributed by atoms with Crippen molar-refractivity contribution in [3.63, 3.8) is 0 Å². The second-order valence-corrected chi connectivity index (χ2v) is 1.38. The van der Waals surface area contributed by atoms with Crippen molar-refractivity contribution >= 4 is 6.09 Å². The van der Waals surface area contributed by atoms with Crippen LogP contribution in [0.15, 0.2) is 10.3 Å². The molecule has 1 N–H and O–H groups in total. The van der Waals surface area contributed by atoms with Gasteiger partial charge >= 0.3 is 6.09 Å². The highest BCUT2D eigenvalue weighted by molar-refractivity contribution is 5.66. The van der Waals surface area contributed by atoms with E-state index in [4.69, 9.17) is 0 Å². The van der Waals surface area contributed by atoms with Gasteiger partial charge in [0.1, 0.15) is 0 Å². The first-order valence-corrected chi connectivity index (χ1v) is 2.32. The van der Waals surface area contributed by atoms with Crippen LogP contribution in [0.5, 0.6) is 0 Å². The molecular weight excluding hydrogens is 124 g/mol. The van der Waals surface area contributed by atoms with Gasteiger partial charge in [-0.1, -0.05) is 5.22 Å². The van der Waals surface area contributed by atoms with Crippen LogP contribution >= 0.6 is 0 Å². The smallest absolute Gasteiger partial charge is 0.431 e. The molecule has 1 amide bonds. The summed E-state index contributed by atoms with van der Waals surface area (Å²) in [5, 5.41) is 7.95. The van der Waals surface area contributed by atoms with Gasteiger partial charge in [0.2, 0.25) is 0 Å². The van der Waals surface area contributed by atoms with Gasteiger partial charge in [0.15, 0.2) is 6.67 Å². The number of hydrogen-bond acceptors (Lipinski definition) is 5. The lowest BCUT2D eigenvalue weighted by molar-refractivity contribution is 0.113. The summed E-state index contributed by atoms with van der Waals surface area (Å²) in [6, 6.07) is 0. The molecule has 0 aromatic rings. The topological polar surface area (TPSA) is 66.3 Å². The third-order valence-corrected chi connectivity index (χ3v) is 0.836. The van der Waals surface area contributed by atoms with E-state index in [1.165, 1.54) is 7.11 Å². The maximum Gasteiger partial charge on any atom is 0.431 e. The van der Waals surface area contributed by atoms with E-state index in [-0.39, 0.29) is 6.67 Å². The fourth-order valence-electron chi connectivity index (χ4n) is 0.421. The van der Waals surface area contributed by atoms with Crippen molar-refractivity contribution in [1.82, 2.24) is 10.5 Å². The van der Waals surface area contributed by atoms with Crippen LogP contribution in [0, 0.1) is 0 Å². The molecule has 0 atom stereocenters. The molecule has 0 fully saturated rings. The molecule has 6 heteroatoms. The predicted octanol–water partition coefficient (Wildman–Crippen LogP) is -0.102. The lowest BCUT2D eigenvalue weighted by atomic mass is 10.9. The summed E-state index contributed by atoms with van der Waals surface area (Å²) in [6.45, 7) is 0.215. The molecule has 9 heavy (non-hydrogen) atoms. The molecule has 0 saturated heterocycles. The summed E-state index contributed by atoms with van der Waals surface area (Å²) in [5.74, 6) is 0. The van der Waals surface area contributed by atoms with Crippen molar-refractivity contribution in [3.05, 3.63) is 0 Å². The van der Waals surface area contributed by atoms with Gasteiger partial charge in [-0.2, -0.15) is 10.5 Å². The van der Waals surface area contributed by atoms with Crippen molar-refractivity contribution in [3.8, 4) is 0 Å². The van der Waals surface area contributed by atoms with Gasteiger partial charge in [-0.25, -0.2) is 4.79 Å². The summed E-state index contributed by atoms with van der Waals surface area (Å²) in [7, 11) is 1.29. The Kier molecular flexibility index (Phi) is 1.48. The first-order chi connectivity index (χ1) is 4.34. The number of ether oxygens (including phenoxy) is 1. The molecule has 0 spiro atoms. The van der Waals surface area contributed by atoms with Crippen LogP contribution in [-0.2, 0) is 4.74 Å². The summed E-state index contributed by atoms with van der Waals surface area (Å²) >= 11 is 0. The monoisotopic (exact) mass is 130 g/mol. The molecule has 1 heterocycles. The molecule has 0 aromatic heterocycles. The van der Waals surface area contributed by atoms with E-state index in [1.807, 2.05) is 0 Å². The van der Waals surface area contributed by atoms with Crippen molar-refractivity contribution in [2.45, 2.75) is 0 Å². The van der Waals surface area contributed by atoms with Gasteiger partial charge in [0, 0.05) is 0 Å². The quantitative estimate of drug-likeness (QED) is 0.497. The fourth-order valence-corrected chi connectivity index (χ4v) is 0.421. The van der Waals surface area contributed by atoms with E-state index in [2.05, 4.69) is 20.6 Å². The molecule has 1 aliphatic heterocycles. The molecule has 0 saturated carbocycles. The number of rotatable bonds is 0. The lowest BCUT2D eigenvalue weighted by Crippen LogP contribution is -2.35. The Morgan fingerprint density at radius 3 is 3.11 bits per heavy atom. The zero-order chi connectivity index (χ0) is 6.69. The minimum Gasteiger partial charge on any atom is -0.451 e. The largest absolute Gasteiger partial charge is 0.451 e. The van der Waals surface area contributed by atoms with E-state index in [9.17, 15) is 4.79 Å². The normalized spacial score (nSPS) is 15.4. The summed E-state index contributed by atoms with van der Waals surface area (Å²) < 4.78 is 4.34. The molecule has 0 aliphatic carbocycles. The molecule has 0 aromatic carbocycles. The Morgan fingerprint density at radius 2 is 2.67 bits per heavy atom. The van der Waals surface area contributed by atoms with E-state index in [1.54, 1.807) is 0 Å². The number of carbonyl (C=O) groups is 1. The number of amides is 1. The maximum atomic E-state index is 10.5. The summed E-state index contributed by atoms with van der Waals surface area (Å²) in [4.78, 5) is 10.5. The SMILES string of the molecule is COC(=O)N1CN=NN1. The van der Waals surface area contributed by atoms with Gasteiger partial charge in [-0.3, -0.25) is 0 Å². The molecule has 0 unspecified atom stereocenters. The van der Waals surface area contributed by atoms with Crippen LogP contribution < -0.4 is 5.53 Å². The van der Waals surface area contributed by atoms with Crippen molar-refractivity contribution in [2.24, 2.45) is 10.3 Å². The Bertz CT molecular complexity index is 137. The number of nitrogens with zero attached hydrogens (tertiary/aromatic N) is 3. The van der Waals surface area contributed by atoms with Crippen molar-refractivity contribution < 1.29 is 9.53 Å². The fraction of sp³-hybridized carbons (Fsp3) is 0.667. The van der Waals surface area contributed by atoms with Crippen molar-refractivity contribution in [2.75, 3.05) is 13.8 Å². The maximum absolute atomic E-state index is 10.5. The Morgan fingerprint density at radius 1 is 1.89 bits per heavy atom. The highest BCUT2D eigenvalue weighted by Gasteiger charge is 2.14. The Balaban J connectivity index is 2.36. The van der Waals surface area contributed by atoms with Crippen molar-refractivity contribution in [1.29, 1.82) is 0 Å². The Labute approximate surface area is 51.4 Å². The standard InChI is InChI=1S/C3H6N4O2/c1-9-3(8)7-2-4-5-6-7/h2H2,1H3,(H,4,6). The second-order valence-electron chi connectivity index (χ2n) is 1.38. The van der Waals surface area contributed by atoms with Crippen LogP contribution in [0.25, 0.3) is 0 Å². The average Bonchev–Trinajstić information content (AvgIpc) is 2.37. The third-order valence-electron chi connectivity index (χ3n) is 0.836. The van der Waals surface area contributed by atoms with Crippen LogP contribution in [0.3, 0.4) is 0 Å². The third kappa shape index (κ3) is 1.07. The van der Waals surface area contributed by atoms with E-state index in [0.717, 1.165) is 5.01 Å². The molecule has 6 nitrogen and oxygen atoms in total. The average molecular weight is 130 g/mol. The number of methoxy groups -OCH3 is 1. The molecule has 1 aliphatic rings. The molecule has 50 valence electrons. The molecule has 1 rings (SSSR count). The van der Waals surface area contributed by atoms with Gasteiger partial charge in [-0.15, -0.1) is 5.11 Å². The number of carbonyl (C=O) groups excluding carboxylic acids is 1. The Hall–Kier alpha value is -1.33. The highest BCUT2D eigenvalue weighted by atomic mass is 16.5. The van der Waals surface area contributed by atoms with Crippen LogP contribution in [-0.4, -0.2) is 24.9 Å². The molecule has 0 radical (unpaired) electrons. The zero-order valence-corrected chi connectivity index (χ0v) is 4.87. The lowest BCUT2D eigenvalue weighted by Gasteiger charge is -2.09. The van der Waals surface area contributed by atoms with Gasteiger partial charge in [0.05, 0.1) is 7.11 Å². The summed E-state index contributed by atoms with van der Waals surface area (Å²) in [5.41, 5.74) is 2.32. The number of hydrogen-bond donors (Lipinski definition) is 1. The second kappa shape index (κ2) is 2.29. The van der Waals surface area contributed by atoms with Crippen LogP contribution in [0.1, 0.15) is 0 Å². The van der Waals surface area contributed by atoms with Gasteiger partial charge < -0.3 is 4.74 Å². The van der Waals surface area contributed by atoms with Gasteiger partial charge in [0.25, 0.3) is 0 Å². The highest BCUT2D eigenvalue weighted by Crippen LogP contribution is 1.94. The number of nitrogens with one attached hydrogen (secondary N) is 1. The first-order valence-electron chi connectivity index (χ1n) is 2.32. The van der Waals surface area contributed by atoms with E-state index >= 15 is 0 Å². The first kappa shape index (κ1) is 5.80. The van der Waals surface area contributed by atoms with E-state index < -0.39 is 6.09 Å². The van der Waals surface area contributed by atoms with Crippen LogP contribution in [0.2, 0.25) is 0 Å². The minimum atomic E-state index is -0.486. The van der Waals surface area contributed by atoms with Crippen LogP contribution in [0.4, 0.5) is 4.79 Å². The zero-order valence-electron chi connectivity index (χ0n) is 4.87. The molecule has 0 bridgehead atoms.